The first-order valence-electron chi connectivity index (χ1n) is 4.52. The Kier molecular flexibility index (Phi) is 2.82. The summed E-state index contributed by atoms with van der Waals surface area (Å²) in [7, 11) is 0. The van der Waals surface area contributed by atoms with Crippen LogP contribution in [0.2, 0.25) is 0 Å². The van der Waals surface area contributed by atoms with Gasteiger partial charge in [-0.2, -0.15) is 0 Å². The number of rotatable bonds is 2. The molecule has 82 valence electrons. The average Bonchev–Trinajstić information content (AvgIpc) is 2.29. The van der Waals surface area contributed by atoms with Gasteiger partial charge in [-0.15, -0.1) is 0 Å². The number of fused-ring (bicyclic) bond motifs is 1. The van der Waals surface area contributed by atoms with Crippen LogP contribution in [0.1, 0.15) is 0 Å². The Balaban J connectivity index is 2.22. The maximum atomic E-state index is 10.8. The number of aldehydes is 1. The molecule has 1 aliphatic heterocycles. The molecular weight excluding hydrogens is 228 g/mol. The van der Waals surface area contributed by atoms with Crippen molar-refractivity contribution in [3.63, 3.8) is 0 Å². The highest BCUT2D eigenvalue weighted by atomic mass is 32.1. The molecule has 2 rings (SSSR count). The summed E-state index contributed by atoms with van der Waals surface area (Å²) in [4.78, 5) is 21.6. The summed E-state index contributed by atoms with van der Waals surface area (Å²) in [6.45, 7) is 0.313. The fraction of sp³-hybridized carbons (Fsp3) is 0.100. The third-order valence-corrected chi connectivity index (χ3v) is 2.21. The number of carbonyl (C=O) groups is 2. The minimum absolute atomic E-state index is 0.216. The predicted octanol–water partition coefficient (Wildman–Crippen LogP) is 0.956. The molecule has 0 saturated heterocycles. The maximum absolute atomic E-state index is 10.8. The predicted molar refractivity (Wildman–Crippen MR) is 62.9 cm³/mol. The minimum Gasteiger partial charge on any atom is -0.484 e. The quantitative estimate of drug-likeness (QED) is 0.454. The van der Waals surface area contributed by atoms with Crippen LogP contribution in [-0.4, -0.2) is 23.8 Å². The lowest BCUT2D eigenvalue weighted by Crippen LogP contribution is -2.23. The Bertz CT molecular complexity index is 473. The van der Waals surface area contributed by atoms with E-state index in [1.165, 1.54) is 0 Å². The van der Waals surface area contributed by atoms with Gasteiger partial charge in [0, 0.05) is 11.8 Å². The summed E-state index contributed by atoms with van der Waals surface area (Å²) in [5.74, 6) is -0.100. The molecule has 1 aromatic rings. The number of thiocarbonyl (C=S) groups is 1. The molecule has 2 N–H and O–H groups in total. The second-order valence-electron chi connectivity index (χ2n) is 3.15. The van der Waals surface area contributed by atoms with Crippen molar-refractivity contribution in [1.82, 2.24) is 0 Å². The number of carbonyl (C=O) groups excluding carboxylic acids is 2. The van der Waals surface area contributed by atoms with E-state index >= 15 is 0 Å². The first-order chi connectivity index (χ1) is 7.69. The zero-order valence-corrected chi connectivity index (χ0v) is 8.97. The first-order valence-corrected chi connectivity index (χ1v) is 4.93. The van der Waals surface area contributed by atoms with E-state index in [-0.39, 0.29) is 6.29 Å². The van der Waals surface area contributed by atoms with Crippen LogP contribution in [0, 0.1) is 0 Å². The lowest BCUT2D eigenvalue weighted by Gasteiger charge is -2.20. The zero-order valence-electron chi connectivity index (χ0n) is 8.15. The Morgan fingerprint density at radius 3 is 3.12 bits per heavy atom. The SMILES string of the molecule is O=CC(=O)Nc1ccc2c(c1)OCC(=S)N2. The third-order valence-electron chi connectivity index (χ3n) is 1.99. The van der Waals surface area contributed by atoms with Crippen molar-refractivity contribution >= 4 is 40.8 Å². The van der Waals surface area contributed by atoms with Crippen LogP contribution < -0.4 is 15.4 Å². The van der Waals surface area contributed by atoms with Gasteiger partial charge in [0.2, 0.25) is 6.29 Å². The molecule has 1 aromatic carbocycles. The van der Waals surface area contributed by atoms with Gasteiger partial charge in [-0.05, 0) is 12.1 Å². The van der Waals surface area contributed by atoms with Crippen LogP contribution in [0.5, 0.6) is 5.75 Å². The summed E-state index contributed by atoms with van der Waals surface area (Å²) < 4.78 is 5.35. The molecule has 6 heteroatoms. The molecule has 0 radical (unpaired) electrons. The number of hydrogen-bond acceptors (Lipinski definition) is 4. The highest BCUT2D eigenvalue weighted by molar-refractivity contribution is 7.80. The van der Waals surface area contributed by atoms with E-state index in [0.29, 0.717) is 23.0 Å². The van der Waals surface area contributed by atoms with Crippen molar-refractivity contribution in [2.75, 3.05) is 17.2 Å². The molecule has 1 aliphatic rings. The molecule has 0 spiro atoms. The van der Waals surface area contributed by atoms with Gasteiger partial charge < -0.3 is 15.4 Å². The van der Waals surface area contributed by atoms with E-state index in [2.05, 4.69) is 10.6 Å². The maximum Gasteiger partial charge on any atom is 0.288 e. The highest BCUT2D eigenvalue weighted by Crippen LogP contribution is 2.30. The highest BCUT2D eigenvalue weighted by Gasteiger charge is 2.13. The van der Waals surface area contributed by atoms with Crippen LogP contribution in [0.4, 0.5) is 11.4 Å². The average molecular weight is 236 g/mol. The molecule has 16 heavy (non-hydrogen) atoms. The second kappa shape index (κ2) is 4.28. The molecule has 0 unspecified atom stereocenters. The summed E-state index contributed by atoms with van der Waals surface area (Å²) in [6, 6.07) is 5.01. The lowest BCUT2D eigenvalue weighted by molar-refractivity contribution is -0.127. The second-order valence-corrected chi connectivity index (χ2v) is 3.65. The van der Waals surface area contributed by atoms with Gasteiger partial charge >= 0.3 is 0 Å². The number of ether oxygens (including phenoxy) is 1. The number of benzene rings is 1. The van der Waals surface area contributed by atoms with Crippen molar-refractivity contribution < 1.29 is 14.3 Å². The summed E-state index contributed by atoms with van der Waals surface area (Å²) >= 11 is 4.95. The van der Waals surface area contributed by atoms with Crippen LogP contribution in [0.15, 0.2) is 18.2 Å². The molecule has 0 atom stereocenters. The van der Waals surface area contributed by atoms with Gasteiger partial charge in [0.05, 0.1) is 5.69 Å². The minimum atomic E-state index is -0.695. The van der Waals surface area contributed by atoms with Crippen LogP contribution in [0.25, 0.3) is 0 Å². The fourth-order valence-corrected chi connectivity index (χ4v) is 1.49. The molecule has 1 heterocycles. The Morgan fingerprint density at radius 2 is 2.38 bits per heavy atom. The zero-order chi connectivity index (χ0) is 11.5. The molecule has 0 aromatic heterocycles. The smallest absolute Gasteiger partial charge is 0.288 e. The monoisotopic (exact) mass is 236 g/mol. The van der Waals surface area contributed by atoms with Gasteiger partial charge in [0.25, 0.3) is 5.91 Å². The number of hydrogen-bond donors (Lipinski definition) is 2. The number of amides is 1. The van der Waals surface area contributed by atoms with Gasteiger partial charge in [-0.3, -0.25) is 9.59 Å². The molecular formula is C10H8N2O3S. The van der Waals surface area contributed by atoms with E-state index in [1.807, 2.05) is 0 Å². The van der Waals surface area contributed by atoms with Crippen LogP contribution in [-0.2, 0) is 9.59 Å². The normalized spacial score (nSPS) is 13.1. The summed E-state index contributed by atoms with van der Waals surface area (Å²) in [5, 5.41) is 5.38. The molecule has 1 amide bonds. The van der Waals surface area contributed by atoms with Crippen molar-refractivity contribution in [2.24, 2.45) is 0 Å². The van der Waals surface area contributed by atoms with Crippen molar-refractivity contribution in [1.29, 1.82) is 0 Å². The summed E-state index contributed by atoms with van der Waals surface area (Å²) in [5.41, 5.74) is 1.26. The number of nitrogens with one attached hydrogen (secondary N) is 2. The van der Waals surface area contributed by atoms with Crippen LogP contribution in [0.3, 0.4) is 0 Å². The Labute approximate surface area is 96.8 Å². The van der Waals surface area contributed by atoms with E-state index < -0.39 is 5.91 Å². The van der Waals surface area contributed by atoms with E-state index in [9.17, 15) is 9.59 Å². The molecule has 0 bridgehead atoms. The van der Waals surface area contributed by atoms with Gasteiger partial charge in [-0.1, -0.05) is 12.2 Å². The van der Waals surface area contributed by atoms with Crippen molar-refractivity contribution in [3.8, 4) is 5.75 Å². The third kappa shape index (κ3) is 2.17. The van der Waals surface area contributed by atoms with Crippen molar-refractivity contribution in [3.05, 3.63) is 18.2 Å². The standard InChI is InChI=1S/C10H8N2O3S/c13-4-9(14)11-6-1-2-7-8(3-6)15-5-10(16)12-7/h1-4H,5H2,(H,11,14)(H,12,16). The molecule has 0 saturated carbocycles. The Morgan fingerprint density at radius 1 is 1.56 bits per heavy atom. The van der Waals surface area contributed by atoms with Gasteiger partial charge in [0.15, 0.2) is 0 Å². The molecule has 0 fully saturated rings. The lowest BCUT2D eigenvalue weighted by atomic mass is 10.2. The Hall–Kier alpha value is -1.95. The van der Waals surface area contributed by atoms with Crippen molar-refractivity contribution in [2.45, 2.75) is 0 Å². The number of anilines is 2. The van der Waals surface area contributed by atoms with E-state index in [4.69, 9.17) is 17.0 Å². The molecule has 0 aliphatic carbocycles. The van der Waals surface area contributed by atoms with Gasteiger partial charge in [0.1, 0.15) is 17.3 Å². The van der Waals surface area contributed by atoms with E-state index in [0.717, 1.165) is 5.69 Å². The largest absolute Gasteiger partial charge is 0.484 e. The van der Waals surface area contributed by atoms with Gasteiger partial charge in [-0.25, -0.2) is 0 Å². The van der Waals surface area contributed by atoms with E-state index in [1.54, 1.807) is 18.2 Å². The summed E-state index contributed by atoms with van der Waals surface area (Å²) in [6.07, 6.45) is 0.216. The fourth-order valence-electron chi connectivity index (χ4n) is 1.32. The molecule has 5 nitrogen and oxygen atoms in total. The topological polar surface area (TPSA) is 67.4 Å². The first kappa shape index (κ1) is 10.6. The van der Waals surface area contributed by atoms with Crippen LogP contribution >= 0.6 is 12.2 Å².